The summed E-state index contributed by atoms with van der Waals surface area (Å²) in [6.45, 7) is 2.03. The van der Waals surface area contributed by atoms with Gasteiger partial charge in [-0.3, -0.25) is 0 Å². The van der Waals surface area contributed by atoms with Crippen LogP contribution in [0.5, 0.6) is 0 Å². The number of nitrogens with zero attached hydrogens (tertiary/aromatic N) is 4. The van der Waals surface area contributed by atoms with Crippen molar-refractivity contribution in [3.8, 4) is 0 Å². The molecule has 0 aliphatic carbocycles. The second-order valence-electron chi connectivity index (χ2n) is 2.99. The summed E-state index contributed by atoms with van der Waals surface area (Å²) in [6.07, 6.45) is 3.24. The minimum absolute atomic E-state index is 0.724. The third kappa shape index (κ3) is 1.35. The molecule has 0 saturated carbocycles. The number of aromatic amines is 1. The van der Waals surface area contributed by atoms with Gasteiger partial charge in [0.05, 0.1) is 0 Å². The van der Waals surface area contributed by atoms with Gasteiger partial charge >= 0.3 is 0 Å². The molecular weight excluding hydrogens is 154 g/mol. The fourth-order valence-corrected chi connectivity index (χ4v) is 1.35. The van der Waals surface area contributed by atoms with Crippen molar-refractivity contribution in [3.63, 3.8) is 0 Å². The summed E-state index contributed by atoms with van der Waals surface area (Å²) in [7, 11) is 2.09. The monoisotopic (exact) mass is 165 g/mol. The molecule has 0 fully saturated rings. The largest absolute Gasteiger partial charge is 0.302 e. The second-order valence-corrected chi connectivity index (χ2v) is 2.99. The molecule has 0 spiro atoms. The first-order valence-electron chi connectivity index (χ1n) is 3.97. The Balaban J connectivity index is 2.19. The summed E-state index contributed by atoms with van der Waals surface area (Å²) < 4.78 is 0. The van der Waals surface area contributed by atoms with Crippen LogP contribution in [-0.4, -0.2) is 45.7 Å². The fourth-order valence-electron chi connectivity index (χ4n) is 1.35. The van der Waals surface area contributed by atoms with Crippen molar-refractivity contribution in [2.24, 2.45) is 0 Å². The van der Waals surface area contributed by atoms with E-state index in [1.165, 1.54) is 0 Å². The zero-order valence-electron chi connectivity index (χ0n) is 6.99. The number of hydrogen-bond acceptors (Lipinski definition) is 4. The van der Waals surface area contributed by atoms with Crippen molar-refractivity contribution >= 4 is 5.57 Å². The summed E-state index contributed by atoms with van der Waals surface area (Å²) in [5.41, 5.74) is 1.16. The molecule has 0 saturated heterocycles. The van der Waals surface area contributed by atoms with Gasteiger partial charge < -0.3 is 4.90 Å². The number of H-pyrrole nitrogens is 1. The van der Waals surface area contributed by atoms with Gasteiger partial charge in [-0.05, 0) is 18.7 Å². The molecule has 1 aliphatic rings. The molecule has 5 nitrogen and oxygen atoms in total. The zero-order valence-corrected chi connectivity index (χ0v) is 6.99. The maximum Gasteiger partial charge on any atom is 0.201 e. The molecule has 0 aromatic carbocycles. The average molecular weight is 165 g/mol. The van der Waals surface area contributed by atoms with E-state index < -0.39 is 0 Å². The lowest BCUT2D eigenvalue weighted by Gasteiger charge is -2.20. The minimum Gasteiger partial charge on any atom is -0.302 e. The van der Waals surface area contributed by atoms with Crippen LogP contribution in [0.4, 0.5) is 0 Å². The predicted octanol–water partition coefficient (Wildman–Crippen LogP) is -0.0814. The maximum atomic E-state index is 3.93. The van der Waals surface area contributed by atoms with Crippen molar-refractivity contribution < 1.29 is 0 Å². The van der Waals surface area contributed by atoms with Gasteiger partial charge in [0.2, 0.25) is 5.82 Å². The molecule has 0 atom stereocenters. The molecule has 5 heteroatoms. The first-order valence-corrected chi connectivity index (χ1v) is 3.97. The molecular formula is C7H11N5. The van der Waals surface area contributed by atoms with Crippen molar-refractivity contribution in [3.05, 3.63) is 11.9 Å². The molecule has 0 bridgehead atoms. The van der Waals surface area contributed by atoms with Crippen LogP contribution in [0.3, 0.4) is 0 Å². The predicted molar refractivity (Wildman–Crippen MR) is 44.3 cm³/mol. The Bertz CT molecular complexity index is 276. The van der Waals surface area contributed by atoms with Gasteiger partial charge in [-0.25, -0.2) is 0 Å². The zero-order chi connectivity index (χ0) is 8.39. The van der Waals surface area contributed by atoms with Gasteiger partial charge in [0.25, 0.3) is 0 Å². The smallest absolute Gasteiger partial charge is 0.201 e. The molecule has 1 aromatic heterocycles. The Morgan fingerprint density at radius 3 is 3.17 bits per heavy atom. The summed E-state index contributed by atoms with van der Waals surface area (Å²) >= 11 is 0. The molecule has 0 amide bonds. The number of likely N-dealkylation sites (N-methyl/N-ethyl adjacent to an activating group) is 1. The molecule has 64 valence electrons. The van der Waals surface area contributed by atoms with Crippen molar-refractivity contribution in [1.82, 2.24) is 25.5 Å². The molecule has 0 unspecified atom stereocenters. The van der Waals surface area contributed by atoms with E-state index in [0.717, 1.165) is 30.9 Å². The van der Waals surface area contributed by atoms with Crippen LogP contribution in [0.1, 0.15) is 12.2 Å². The lowest BCUT2D eigenvalue weighted by Crippen LogP contribution is -2.25. The van der Waals surface area contributed by atoms with Crippen LogP contribution in [0, 0.1) is 0 Å². The van der Waals surface area contributed by atoms with Gasteiger partial charge in [-0.15, -0.1) is 10.2 Å². The minimum atomic E-state index is 0.724. The molecule has 2 heterocycles. The van der Waals surface area contributed by atoms with E-state index in [0.29, 0.717) is 0 Å². The first kappa shape index (κ1) is 7.42. The van der Waals surface area contributed by atoms with Crippen LogP contribution >= 0.6 is 0 Å². The fraction of sp³-hybridized carbons (Fsp3) is 0.571. The number of hydrogen-bond donors (Lipinski definition) is 1. The third-order valence-electron chi connectivity index (χ3n) is 1.97. The summed E-state index contributed by atoms with van der Waals surface area (Å²) in [5.74, 6) is 0.724. The maximum absolute atomic E-state index is 3.93. The SMILES string of the molecule is CN1CCC=C(c2nn[nH]n2)C1. The van der Waals surface area contributed by atoms with Crippen LogP contribution < -0.4 is 0 Å². The van der Waals surface area contributed by atoms with Crippen LogP contribution in [-0.2, 0) is 0 Å². The van der Waals surface area contributed by atoms with Crippen molar-refractivity contribution in [2.75, 3.05) is 20.1 Å². The highest BCUT2D eigenvalue weighted by molar-refractivity contribution is 5.61. The summed E-state index contributed by atoms with van der Waals surface area (Å²) in [6, 6.07) is 0. The Hall–Kier alpha value is -1.23. The van der Waals surface area contributed by atoms with E-state index in [1.807, 2.05) is 0 Å². The average Bonchev–Trinajstić information content (AvgIpc) is 2.56. The number of tetrazole rings is 1. The van der Waals surface area contributed by atoms with Gasteiger partial charge in [-0.2, -0.15) is 5.21 Å². The normalized spacial score (nSPS) is 19.2. The van der Waals surface area contributed by atoms with E-state index >= 15 is 0 Å². The van der Waals surface area contributed by atoms with Gasteiger partial charge in [0, 0.05) is 18.7 Å². The lowest BCUT2D eigenvalue weighted by atomic mass is 10.1. The van der Waals surface area contributed by atoms with E-state index in [2.05, 4.69) is 38.6 Å². The topological polar surface area (TPSA) is 57.7 Å². The molecule has 2 rings (SSSR count). The van der Waals surface area contributed by atoms with E-state index in [4.69, 9.17) is 0 Å². The highest BCUT2D eigenvalue weighted by atomic mass is 15.5. The molecule has 1 N–H and O–H groups in total. The molecule has 1 aliphatic heterocycles. The van der Waals surface area contributed by atoms with Crippen molar-refractivity contribution in [2.45, 2.75) is 6.42 Å². The van der Waals surface area contributed by atoms with Gasteiger partial charge in [0.15, 0.2) is 0 Å². The molecule has 12 heavy (non-hydrogen) atoms. The van der Waals surface area contributed by atoms with E-state index in [9.17, 15) is 0 Å². The van der Waals surface area contributed by atoms with Gasteiger partial charge in [-0.1, -0.05) is 6.08 Å². The molecule has 0 radical (unpaired) electrons. The van der Waals surface area contributed by atoms with Crippen LogP contribution in [0.15, 0.2) is 6.08 Å². The molecule has 1 aromatic rings. The summed E-state index contributed by atoms with van der Waals surface area (Å²) in [5, 5.41) is 13.8. The van der Waals surface area contributed by atoms with Gasteiger partial charge in [0.1, 0.15) is 0 Å². The number of rotatable bonds is 1. The third-order valence-corrected chi connectivity index (χ3v) is 1.97. The lowest BCUT2D eigenvalue weighted by molar-refractivity contribution is 0.372. The highest BCUT2D eigenvalue weighted by Crippen LogP contribution is 2.14. The second kappa shape index (κ2) is 3.02. The van der Waals surface area contributed by atoms with Crippen LogP contribution in [0.25, 0.3) is 5.57 Å². The Morgan fingerprint density at radius 1 is 1.58 bits per heavy atom. The Labute approximate surface area is 70.5 Å². The first-order chi connectivity index (χ1) is 5.86. The Morgan fingerprint density at radius 2 is 2.50 bits per heavy atom. The quantitative estimate of drug-likeness (QED) is 0.632. The standard InChI is InChI=1S/C7H11N5/c1-12-4-2-3-6(5-12)7-8-10-11-9-7/h3H,2,4-5H2,1H3,(H,8,9,10,11). The Kier molecular flexibility index (Phi) is 1.87. The van der Waals surface area contributed by atoms with Crippen molar-refractivity contribution in [1.29, 1.82) is 0 Å². The number of aromatic nitrogens is 4. The summed E-state index contributed by atoms with van der Waals surface area (Å²) in [4.78, 5) is 2.24. The van der Waals surface area contributed by atoms with E-state index in [1.54, 1.807) is 0 Å². The van der Waals surface area contributed by atoms with Crippen LogP contribution in [0.2, 0.25) is 0 Å². The van der Waals surface area contributed by atoms with E-state index in [-0.39, 0.29) is 0 Å². The number of nitrogens with one attached hydrogen (secondary N) is 1. The highest BCUT2D eigenvalue weighted by Gasteiger charge is 2.12.